The summed E-state index contributed by atoms with van der Waals surface area (Å²) >= 11 is 0. The Morgan fingerprint density at radius 1 is 0.941 bits per heavy atom. The van der Waals surface area contributed by atoms with Gasteiger partial charge in [-0.05, 0) is 68.7 Å². The molecule has 3 atom stereocenters. The highest BCUT2D eigenvalue weighted by Gasteiger charge is 2.39. The number of hydrogen-bond donors (Lipinski definition) is 2. The molecule has 2 amide bonds. The van der Waals surface area contributed by atoms with E-state index in [0.717, 1.165) is 51.5 Å². The third kappa shape index (κ3) is 5.87. The van der Waals surface area contributed by atoms with Gasteiger partial charge in [-0.2, -0.15) is 0 Å². The summed E-state index contributed by atoms with van der Waals surface area (Å²) in [6, 6.07) is 18.5. The Labute approximate surface area is 204 Å². The maximum Gasteiger partial charge on any atom is 0.245 e. The molecule has 0 aromatic heterocycles. The summed E-state index contributed by atoms with van der Waals surface area (Å²) in [5, 5.41) is 6.14. The first-order valence-corrected chi connectivity index (χ1v) is 13.0. The second-order valence-corrected chi connectivity index (χ2v) is 9.99. The summed E-state index contributed by atoms with van der Waals surface area (Å²) in [4.78, 5) is 28.8. The van der Waals surface area contributed by atoms with Crippen molar-refractivity contribution in [2.24, 2.45) is 5.92 Å². The Bertz CT molecular complexity index is 955. The summed E-state index contributed by atoms with van der Waals surface area (Å²) in [7, 11) is 1.78. The maximum atomic E-state index is 13.9. The van der Waals surface area contributed by atoms with Crippen LogP contribution in [0, 0.1) is 5.92 Å². The van der Waals surface area contributed by atoms with Gasteiger partial charge in [-0.25, -0.2) is 0 Å². The molecule has 5 nitrogen and oxygen atoms in total. The maximum absolute atomic E-state index is 13.9. The van der Waals surface area contributed by atoms with E-state index in [1.165, 1.54) is 23.1 Å². The van der Waals surface area contributed by atoms with Crippen molar-refractivity contribution in [2.75, 3.05) is 13.6 Å². The van der Waals surface area contributed by atoms with E-state index in [9.17, 15) is 9.59 Å². The van der Waals surface area contributed by atoms with Crippen LogP contribution in [-0.4, -0.2) is 42.4 Å². The predicted octanol–water partition coefficient (Wildman–Crippen LogP) is 4.61. The molecule has 0 bridgehead atoms. The van der Waals surface area contributed by atoms with E-state index in [1.54, 1.807) is 7.05 Å². The average Bonchev–Trinajstić information content (AvgIpc) is 3.38. The first-order valence-electron chi connectivity index (χ1n) is 13.0. The largest absolute Gasteiger partial charge is 0.343 e. The summed E-state index contributed by atoms with van der Waals surface area (Å²) in [6.45, 7) is 2.60. The number of carbonyl (C=O) groups excluding carboxylic acids is 2. The number of hydrogen-bond acceptors (Lipinski definition) is 3. The molecule has 2 aliphatic rings. The van der Waals surface area contributed by atoms with Gasteiger partial charge >= 0.3 is 0 Å². The predicted molar refractivity (Wildman–Crippen MR) is 136 cm³/mol. The fourth-order valence-corrected chi connectivity index (χ4v) is 5.56. The molecule has 0 radical (unpaired) electrons. The summed E-state index contributed by atoms with van der Waals surface area (Å²) in [5.74, 6) is 0.228. The number of benzene rings is 2. The quantitative estimate of drug-likeness (QED) is 0.603. The van der Waals surface area contributed by atoms with Gasteiger partial charge < -0.3 is 15.5 Å². The van der Waals surface area contributed by atoms with E-state index in [4.69, 9.17) is 0 Å². The zero-order valence-electron chi connectivity index (χ0n) is 20.6. The van der Waals surface area contributed by atoms with Crippen molar-refractivity contribution in [1.82, 2.24) is 15.5 Å². The van der Waals surface area contributed by atoms with E-state index in [2.05, 4.69) is 59.2 Å². The van der Waals surface area contributed by atoms with E-state index in [1.807, 2.05) is 17.9 Å². The number of likely N-dealkylation sites (tertiary alicyclic amines) is 1. The van der Waals surface area contributed by atoms with Gasteiger partial charge in [-0.3, -0.25) is 9.59 Å². The minimum Gasteiger partial charge on any atom is -0.343 e. The van der Waals surface area contributed by atoms with E-state index >= 15 is 0 Å². The second kappa shape index (κ2) is 11.7. The van der Waals surface area contributed by atoms with Crippen LogP contribution in [0.4, 0.5) is 0 Å². The number of nitrogens with one attached hydrogen (secondary N) is 2. The van der Waals surface area contributed by atoms with Gasteiger partial charge in [-0.15, -0.1) is 0 Å². The van der Waals surface area contributed by atoms with Crippen LogP contribution in [0.15, 0.2) is 54.6 Å². The number of carbonyl (C=O) groups is 2. The Kier molecular flexibility index (Phi) is 8.39. The van der Waals surface area contributed by atoms with Crippen LogP contribution >= 0.6 is 0 Å². The summed E-state index contributed by atoms with van der Waals surface area (Å²) in [6.07, 6.45) is 8.37. The van der Waals surface area contributed by atoms with Crippen LogP contribution < -0.4 is 10.6 Å². The van der Waals surface area contributed by atoms with Crippen molar-refractivity contribution in [3.05, 3.63) is 71.3 Å². The monoisotopic (exact) mass is 461 g/mol. The lowest BCUT2D eigenvalue weighted by atomic mass is 9.83. The average molecular weight is 462 g/mol. The van der Waals surface area contributed by atoms with Gasteiger partial charge in [0, 0.05) is 6.54 Å². The lowest BCUT2D eigenvalue weighted by Crippen LogP contribution is -2.55. The van der Waals surface area contributed by atoms with E-state index in [0.29, 0.717) is 0 Å². The minimum absolute atomic E-state index is 0.0768. The molecule has 0 spiro atoms. The molecule has 2 fully saturated rings. The SMILES string of the molecule is CNC(C)C(=O)NC(C(=O)N1CCC[C@@H]1c1cccc(Cc2ccccc2)c1)C1CCCCC1. The standard InChI is InChI=1S/C29H39N3O2/c1-21(30-2)28(33)31-27(24-14-7-4-8-15-24)29(34)32-18-10-17-26(32)25-16-9-13-23(20-25)19-22-11-5-3-6-12-22/h3,5-6,9,11-13,16,20-21,24,26-27,30H,4,7-8,10,14-15,17-19H2,1-2H3,(H,31,33)/t21?,26-,27?/m1/s1. The Morgan fingerprint density at radius 3 is 2.41 bits per heavy atom. The molecule has 4 rings (SSSR count). The van der Waals surface area contributed by atoms with Crippen LogP contribution in [0.5, 0.6) is 0 Å². The van der Waals surface area contributed by atoms with Crippen LogP contribution in [0.1, 0.15) is 74.6 Å². The van der Waals surface area contributed by atoms with Crippen molar-refractivity contribution in [1.29, 1.82) is 0 Å². The summed E-state index contributed by atoms with van der Waals surface area (Å²) < 4.78 is 0. The molecule has 2 unspecified atom stereocenters. The first kappa shape index (κ1) is 24.5. The molecule has 2 aromatic rings. The van der Waals surface area contributed by atoms with Crippen LogP contribution in [0.3, 0.4) is 0 Å². The van der Waals surface area contributed by atoms with Crippen molar-refractivity contribution in [3.63, 3.8) is 0 Å². The summed E-state index contributed by atoms with van der Waals surface area (Å²) in [5.41, 5.74) is 3.76. The highest BCUT2D eigenvalue weighted by atomic mass is 16.2. The van der Waals surface area contributed by atoms with Gasteiger partial charge in [0.25, 0.3) is 0 Å². The molecular weight excluding hydrogens is 422 g/mol. The molecule has 1 heterocycles. The molecule has 1 saturated heterocycles. The van der Waals surface area contributed by atoms with Gasteiger partial charge in [-0.1, -0.05) is 73.9 Å². The van der Waals surface area contributed by atoms with E-state index < -0.39 is 6.04 Å². The van der Waals surface area contributed by atoms with E-state index in [-0.39, 0.29) is 29.8 Å². The topological polar surface area (TPSA) is 61.4 Å². The first-order chi connectivity index (χ1) is 16.6. The number of nitrogens with zero attached hydrogens (tertiary/aromatic N) is 1. The van der Waals surface area contributed by atoms with Gasteiger partial charge in [0.05, 0.1) is 12.1 Å². The normalized spacial score (nSPS) is 20.6. The zero-order chi connectivity index (χ0) is 23.9. The Morgan fingerprint density at radius 2 is 1.68 bits per heavy atom. The van der Waals surface area contributed by atoms with Gasteiger partial charge in [0.1, 0.15) is 6.04 Å². The Balaban J connectivity index is 1.53. The van der Waals surface area contributed by atoms with Gasteiger partial charge in [0.2, 0.25) is 11.8 Å². The van der Waals surface area contributed by atoms with Crippen molar-refractivity contribution < 1.29 is 9.59 Å². The van der Waals surface area contributed by atoms with Gasteiger partial charge in [0.15, 0.2) is 0 Å². The molecular formula is C29H39N3O2. The van der Waals surface area contributed by atoms with Crippen LogP contribution in [0.2, 0.25) is 0 Å². The molecule has 182 valence electrons. The second-order valence-electron chi connectivity index (χ2n) is 9.99. The number of rotatable bonds is 8. The minimum atomic E-state index is -0.434. The highest BCUT2D eigenvalue weighted by Crippen LogP contribution is 2.35. The molecule has 1 aliphatic carbocycles. The molecule has 1 aliphatic heterocycles. The smallest absolute Gasteiger partial charge is 0.245 e. The molecule has 5 heteroatoms. The number of likely N-dealkylation sites (N-methyl/N-ethyl adjacent to an activating group) is 1. The fourth-order valence-electron chi connectivity index (χ4n) is 5.56. The lowest BCUT2D eigenvalue weighted by Gasteiger charge is -2.35. The third-order valence-corrected chi connectivity index (χ3v) is 7.63. The Hall–Kier alpha value is -2.66. The molecule has 2 N–H and O–H groups in total. The molecule has 1 saturated carbocycles. The van der Waals surface area contributed by atoms with Crippen molar-refractivity contribution >= 4 is 11.8 Å². The van der Waals surface area contributed by atoms with Crippen molar-refractivity contribution in [3.8, 4) is 0 Å². The van der Waals surface area contributed by atoms with Crippen LogP contribution in [0.25, 0.3) is 0 Å². The zero-order valence-corrected chi connectivity index (χ0v) is 20.6. The highest BCUT2D eigenvalue weighted by molar-refractivity contribution is 5.90. The third-order valence-electron chi connectivity index (χ3n) is 7.63. The van der Waals surface area contributed by atoms with Crippen LogP contribution in [-0.2, 0) is 16.0 Å². The number of amides is 2. The fraction of sp³-hybridized carbons (Fsp3) is 0.517. The lowest BCUT2D eigenvalue weighted by molar-refractivity contribution is -0.139. The van der Waals surface area contributed by atoms with Crippen molar-refractivity contribution in [2.45, 2.75) is 76.4 Å². The molecule has 34 heavy (non-hydrogen) atoms. The molecule has 2 aromatic carbocycles.